The van der Waals surface area contributed by atoms with Crippen molar-refractivity contribution >= 4 is 18.1 Å². The first kappa shape index (κ1) is 30.3. The minimum atomic E-state index is -1.03. The summed E-state index contributed by atoms with van der Waals surface area (Å²) in [6.07, 6.45) is 7.74. The number of allylic oxidation sites excluding steroid dienone is 2. The van der Waals surface area contributed by atoms with Gasteiger partial charge in [-0.1, -0.05) is 112 Å². The molecular weight excluding hydrogens is 681 g/mol. The molecule has 0 spiro atoms. The predicted molar refractivity (Wildman–Crippen MR) is 139 cm³/mol. The molecule has 1 atom stereocenters. The second-order valence-electron chi connectivity index (χ2n) is 7.78. The Morgan fingerprint density at radius 1 is 1.03 bits per heavy atom. The number of carbonyl (C=O) groups excluding carboxylic acids is 3. The second kappa shape index (κ2) is 15.2. The number of nitrogens with zero attached hydrogens (tertiary/aromatic N) is 1. The summed E-state index contributed by atoms with van der Waals surface area (Å²) < 4.78 is 0. The molecule has 1 N–H and O–H groups in total. The summed E-state index contributed by atoms with van der Waals surface area (Å²) in [6.45, 7) is 13.4. The molecule has 0 aliphatic carbocycles. The summed E-state index contributed by atoms with van der Waals surface area (Å²) in [4.78, 5) is 37.8. The van der Waals surface area contributed by atoms with Gasteiger partial charge in [-0.3, -0.25) is 9.59 Å². The van der Waals surface area contributed by atoms with Gasteiger partial charge in [-0.2, -0.15) is 6.41 Å². The van der Waals surface area contributed by atoms with E-state index >= 15 is 0 Å². The van der Waals surface area contributed by atoms with Crippen LogP contribution in [0.1, 0.15) is 44.7 Å². The molecule has 6 heteroatoms. The maximum Gasteiger partial charge on any atom is 0.226 e. The second-order valence-corrected chi connectivity index (χ2v) is 7.78. The van der Waals surface area contributed by atoms with Crippen LogP contribution in [-0.2, 0) is 19.9 Å². The molecule has 0 bridgehead atoms. The standard InChI is InChI=1S/C26H27N2O3.C3H8.Fm/c1-5-13-21(6-2)26(22-14-9-7-10-15-22,23-16-11-8-12-17-23)28(4)25(31)18-24(20(3)30)27-19-29;1-3-2;/h5-17,24H,1-2,18H2,3-4H3,(H,27,29);3H2,1-2H3;/q-1;;/b21-13+;;. The fraction of sp³-hybridized carbons (Fsp3) is 0.276. The molecule has 2 rings (SSSR count). The Morgan fingerprint density at radius 3 is 1.83 bits per heavy atom. The van der Waals surface area contributed by atoms with Crippen LogP contribution in [0.25, 0.3) is 0 Å². The van der Waals surface area contributed by atoms with Gasteiger partial charge < -0.3 is 15.0 Å². The normalized spacial score (nSPS) is 11.5. The molecule has 1 unspecified atom stereocenters. The Bertz CT molecular complexity index is 948. The average Bonchev–Trinajstić information content (AvgIpc) is 2.85. The fourth-order valence-corrected chi connectivity index (χ4v) is 3.77. The third kappa shape index (κ3) is 7.13. The summed E-state index contributed by atoms with van der Waals surface area (Å²) in [6, 6.07) is 18.2. The smallest absolute Gasteiger partial charge is 0.226 e. The first-order valence-electron chi connectivity index (χ1n) is 11.3. The number of ketones is 1. The fourth-order valence-electron chi connectivity index (χ4n) is 3.77. The van der Waals surface area contributed by atoms with Gasteiger partial charge in [0.05, 0.1) is 12.5 Å². The number of amides is 2. The van der Waals surface area contributed by atoms with Gasteiger partial charge in [0.2, 0.25) is 5.91 Å². The van der Waals surface area contributed by atoms with E-state index in [1.165, 1.54) is 19.8 Å². The summed E-state index contributed by atoms with van der Waals surface area (Å²) >= 11 is 0. The third-order valence-electron chi connectivity index (χ3n) is 5.30. The van der Waals surface area contributed by atoms with E-state index in [0.717, 1.165) is 16.7 Å². The van der Waals surface area contributed by atoms with Gasteiger partial charge in [0, 0.05) is 7.05 Å². The molecule has 0 saturated carbocycles. The van der Waals surface area contributed by atoms with Crippen molar-refractivity contribution in [3.8, 4) is 0 Å². The predicted octanol–water partition coefficient (Wildman–Crippen LogP) is 5.11. The average molecular weight is 717 g/mol. The van der Waals surface area contributed by atoms with E-state index in [2.05, 4.69) is 32.3 Å². The summed E-state index contributed by atoms with van der Waals surface area (Å²) in [5.74, 6) is -0.645. The molecule has 0 radical (unpaired) electrons. The minimum Gasteiger partial charge on any atom is -0.521 e. The van der Waals surface area contributed by atoms with E-state index < -0.39 is 11.6 Å². The van der Waals surface area contributed by atoms with E-state index in [-0.39, 0.29) is 18.1 Å². The Morgan fingerprint density at radius 2 is 1.49 bits per heavy atom. The number of carbonyl (C=O) groups is 2. The molecule has 0 aliphatic rings. The molecule has 0 fully saturated rings. The summed E-state index contributed by atoms with van der Waals surface area (Å²) in [7, 11) is 1.69. The Kier molecular flexibility index (Phi) is 13.1. The maximum absolute atomic E-state index is 13.5. The Labute approximate surface area is 203 Å². The zero-order valence-electron chi connectivity index (χ0n) is 20.9. The number of nitrogens with one attached hydrogen (secondary N) is 1. The van der Waals surface area contributed by atoms with Crippen LogP contribution in [0.5, 0.6) is 0 Å². The van der Waals surface area contributed by atoms with Crippen molar-refractivity contribution in [1.82, 2.24) is 10.2 Å². The zero-order valence-corrected chi connectivity index (χ0v) is 23.3. The molecule has 2 aromatic rings. The van der Waals surface area contributed by atoms with Crippen molar-refractivity contribution in [2.24, 2.45) is 0 Å². The van der Waals surface area contributed by atoms with Gasteiger partial charge in [-0.05, 0) is 23.6 Å². The van der Waals surface area contributed by atoms with Crippen LogP contribution in [0.2, 0.25) is 0 Å². The largest absolute Gasteiger partial charge is 0.521 e. The molecule has 5 nitrogen and oxygen atoms in total. The monoisotopic (exact) mass is 716 g/mol. The molecular formula is C29H35FmN2O3-. The topological polar surface area (TPSA) is 66.5 Å². The van der Waals surface area contributed by atoms with Gasteiger partial charge in [-0.15, -0.1) is 0 Å². The van der Waals surface area contributed by atoms with Crippen LogP contribution in [0.3, 0.4) is 0 Å². The number of hydrogen-bond acceptors (Lipinski definition) is 3. The molecule has 192 valence electrons. The minimum absolute atomic E-state index is 0. The van der Waals surface area contributed by atoms with Crippen LogP contribution in [0.4, 0.5) is 0 Å². The van der Waals surface area contributed by atoms with Gasteiger partial charge in [0.25, 0.3) is 0 Å². The van der Waals surface area contributed by atoms with E-state index in [1.807, 2.05) is 66.7 Å². The molecule has 0 aromatic heterocycles. The molecule has 0 aliphatic heterocycles. The van der Waals surface area contributed by atoms with Crippen LogP contribution < -0.4 is 5.32 Å². The molecule has 2 amide bonds. The molecule has 2 aromatic carbocycles. The Balaban J connectivity index is 0.00000274. The number of likely N-dealkylation sites (N-methyl/N-ethyl adjacent to an activating group) is 1. The van der Waals surface area contributed by atoms with E-state index in [9.17, 15) is 14.4 Å². The van der Waals surface area contributed by atoms with Crippen molar-refractivity contribution in [1.29, 1.82) is 0 Å². The quantitative estimate of drug-likeness (QED) is 0.200. The van der Waals surface area contributed by atoms with E-state index in [0.29, 0.717) is 0 Å². The first-order valence-corrected chi connectivity index (χ1v) is 11.3. The van der Waals surface area contributed by atoms with Gasteiger partial charge >= 0.3 is 0 Å². The zero-order chi connectivity index (χ0) is 25.6. The Hall–Kier alpha value is -4.73. The van der Waals surface area contributed by atoms with Crippen molar-refractivity contribution in [3.63, 3.8) is 0 Å². The SMILES string of the molecule is C=C/C=C(\C=C)C(c1ccccc1)(c1ccccc1)N(C)C(=O)CC(N[C-]=O)C(C)=O.CCC.[Fm]. The van der Waals surface area contributed by atoms with E-state index in [1.54, 1.807) is 24.1 Å². The van der Waals surface area contributed by atoms with Gasteiger partial charge in [0.15, 0.2) is 0 Å². The van der Waals surface area contributed by atoms with Crippen LogP contribution in [-0.4, -0.2) is 36.1 Å². The number of benzene rings is 2. The molecule has 35 heavy (non-hydrogen) atoms. The van der Waals surface area contributed by atoms with Crippen molar-refractivity contribution < 1.29 is 14.4 Å². The number of hydrogen-bond donors (Lipinski definition) is 1. The van der Waals surface area contributed by atoms with Crippen LogP contribution >= 0.6 is 0 Å². The van der Waals surface area contributed by atoms with Crippen molar-refractivity contribution in [2.45, 2.75) is 45.2 Å². The van der Waals surface area contributed by atoms with Crippen molar-refractivity contribution in [2.75, 3.05) is 7.05 Å². The van der Waals surface area contributed by atoms with Gasteiger partial charge in [-0.25, -0.2) is 0 Å². The molecule has 0 saturated heterocycles. The van der Waals surface area contributed by atoms with E-state index in [4.69, 9.17) is 0 Å². The number of rotatable bonds is 11. The van der Waals surface area contributed by atoms with Crippen molar-refractivity contribution in [3.05, 3.63) is 109 Å². The molecule has 0 heterocycles. The maximum atomic E-state index is 13.5. The van der Waals surface area contributed by atoms with Gasteiger partial charge in [0.1, 0.15) is 11.3 Å². The number of Topliss-reactive ketones (excluding diaryl/α,β-unsaturated/α-hetero) is 1. The summed E-state index contributed by atoms with van der Waals surface area (Å²) in [5, 5.41) is 2.31. The van der Waals surface area contributed by atoms with Crippen LogP contribution in [0, 0.1) is 0 Å². The van der Waals surface area contributed by atoms with Crippen LogP contribution in [0.15, 0.2) is 97.6 Å². The first-order chi connectivity index (χ1) is 16.3. The summed E-state index contributed by atoms with van der Waals surface area (Å²) in [5.41, 5.74) is 1.41. The third-order valence-corrected chi connectivity index (χ3v) is 5.30.